The lowest BCUT2D eigenvalue weighted by molar-refractivity contribution is 0.168. The minimum atomic E-state index is -3.49. The molecule has 0 aliphatic carbocycles. The first-order chi connectivity index (χ1) is 12.1. The van der Waals surface area contributed by atoms with Gasteiger partial charge in [-0.3, -0.25) is 4.90 Å². The Morgan fingerprint density at radius 1 is 1.36 bits per heavy atom. The van der Waals surface area contributed by atoms with Crippen molar-refractivity contribution in [1.29, 1.82) is 0 Å². The fraction of sp³-hybridized carbons (Fsp3) is 0.471. The molecule has 3 rings (SSSR count). The van der Waals surface area contributed by atoms with Gasteiger partial charge in [0.2, 0.25) is 10.0 Å². The van der Waals surface area contributed by atoms with Crippen LogP contribution in [0.15, 0.2) is 40.7 Å². The Morgan fingerprint density at radius 2 is 2.16 bits per heavy atom. The summed E-state index contributed by atoms with van der Waals surface area (Å²) in [6.07, 6.45) is 3.95. The molecule has 0 spiro atoms. The van der Waals surface area contributed by atoms with Gasteiger partial charge in [0.1, 0.15) is 10.8 Å². The first-order valence-corrected chi connectivity index (χ1v) is 10.7. The third kappa shape index (κ3) is 5.01. The Kier molecular flexibility index (Phi) is 6.06. The van der Waals surface area contributed by atoms with E-state index in [-0.39, 0.29) is 4.90 Å². The predicted octanol–water partition coefficient (Wildman–Crippen LogP) is 2.34. The van der Waals surface area contributed by atoms with Crippen molar-refractivity contribution in [2.75, 3.05) is 26.7 Å². The topological polar surface area (TPSA) is 71.5 Å². The highest BCUT2D eigenvalue weighted by Crippen LogP contribution is 2.20. The van der Waals surface area contributed by atoms with Gasteiger partial charge in [-0.15, -0.1) is 11.3 Å². The molecule has 0 saturated carbocycles. The van der Waals surface area contributed by atoms with Crippen LogP contribution >= 0.6 is 11.3 Å². The van der Waals surface area contributed by atoms with Crippen molar-refractivity contribution < 1.29 is 13.2 Å². The smallest absolute Gasteiger partial charge is 0.240 e. The van der Waals surface area contributed by atoms with Gasteiger partial charge in [-0.25, -0.2) is 18.1 Å². The van der Waals surface area contributed by atoms with Crippen molar-refractivity contribution in [3.8, 4) is 5.75 Å². The molecule has 1 aliphatic heterocycles. The number of nitrogens with one attached hydrogen (secondary N) is 1. The van der Waals surface area contributed by atoms with Crippen LogP contribution in [0.1, 0.15) is 17.8 Å². The zero-order valence-electron chi connectivity index (χ0n) is 14.2. The maximum atomic E-state index is 12.4. The molecule has 136 valence electrons. The maximum Gasteiger partial charge on any atom is 0.240 e. The largest absolute Gasteiger partial charge is 0.497 e. The van der Waals surface area contributed by atoms with Crippen molar-refractivity contribution in [2.24, 2.45) is 5.92 Å². The highest BCUT2D eigenvalue weighted by Gasteiger charge is 2.23. The Labute approximate surface area is 152 Å². The third-order valence-corrected chi connectivity index (χ3v) is 6.58. The van der Waals surface area contributed by atoms with Crippen molar-refractivity contribution in [3.63, 3.8) is 0 Å². The Hall–Kier alpha value is -1.48. The van der Waals surface area contributed by atoms with E-state index >= 15 is 0 Å². The number of hydrogen-bond donors (Lipinski definition) is 1. The van der Waals surface area contributed by atoms with E-state index in [0.29, 0.717) is 18.2 Å². The molecule has 1 aliphatic rings. The molecular formula is C17H23N3O3S2. The molecule has 1 fully saturated rings. The van der Waals surface area contributed by atoms with E-state index in [4.69, 9.17) is 4.74 Å². The van der Waals surface area contributed by atoms with Crippen LogP contribution in [-0.2, 0) is 16.6 Å². The summed E-state index contributed by atoms with van der Waals surface area (Å²) in [6, 6.07) is 6.45. The van der Waals surface area contributed by atoms with Crippen LogP contribution in [0.3, 0.4) is 0 Å². The number of thiazole rings is 1. The summed E-state index contributed by atoms with van der Waals surface area (Å²) < 4.78 is 32.7. The first-order valence-electron chi connectivity index (χ1n) is 8.31. The van der Waals surface area contributed by atoms with E-state index in [1.807, 2.05) is 11.6 Å². The molecule has 0 radical (unpaired) electrons. The number of sulfonamides is 1. The monoisotopic (exact) mass is 381 g/mol. The number of hydrogen-bond acceptors (Lipinski definition) is 6. The molecule has 0 amide bonds. The number of rotatable bonds is 7. The van der Waals surface area contributed by atoms with Gasteiger partial charge in [-0.05, 0) is 49.6 Å². The van der Waals surface area contributed by atoms with Crippen LogP contribution in [0, 0.1) is 5.92 Å². The molecule has 6 nitrogen and oxygen atoms in total. The SMILES string of the molecule is COc1ccc(S(=O)(=O)NC[C@@H]2CCCN(Cc3nccs3)C2)cc1. The number of piperidine rings is 1. The summed E-state index contributed by atoms with van der Waals surface area (Å²) in [6.45, 7) is 3.24. The van der Waals surface area contributed by atoms with Crippen LogP contribution in [0.4, 0.5) is 0 Å². The van der Waals surface area contributed by atoms with Gasteiger partial charge in [0.25, 0.3) is 0 Å². The van der Waals surface area contributed by atoms with Gasteiger partial charge in [-0.1, -0.05) is 0 Å². The van der Waals surface area contributed by atoms with Crippen LogP contribution in [0.2, 0.25) is 0 Å². The van der Waals surface area contributed by atoms with Gasteiger partial charge < -0.3 is 4.74 Å². The standard InChI is InChI=1S/C17H23N3O3S2/c1-23-15-4-6-16(7-5-15)25(21,22)19-11-14-3-2-9-20(12-14)13-17-18-8-10-24-17/h4-8,10,14,19H,2-3,9,11-13H2,1H3/t14-/m0/s1. The zero-order chi connectivity index (χ0) is 17.7. The molecule has 1 saturated heterocycles. The van der Waals surface area contributed by atoms with Gasteiger partial charge in [0.15, 0.2) is 0 Å². The zero-order valence-corrected chi connectivity index (χ0v) is 15.9. The molecule has 1 aromatic heterocycles. The summed E-state index contributed by atoms with van der Waals surface area (Å²) in [5.41, 5.74) is 0. The van der Waals surface area contributed by atoms with Crippen LogP contribution in [0.5, 0.6) is 5.75 Å². The molecule has 0 unspecified atom stereocenters. The number of methoxy groups -OCH3 is 1. The normalized spacial score (nSPS) is 19.0. The van der Waals surface area contributed by atoms with Gasteiger partial charge in [-0.2, -0.15) is 0 Å². The fourth-order valence-corrected chi connectivity index (χ4v) is 4.82. The van der Waals surface area contributed by atoms with Crippen molar-refractivity contribution in [3.05, 3.63) is 40.8 Å². The molecule has 1 aromatic carbocycles. The number of ether oxygens (including phenoxy) is 1. The Balaban J connectivity index is 1.54. The van der Waals surface area contributed by atoms with Gasteiger partial charge >= 0.3 is 0 Å². The van der Waals surface area contributed by atoms with Gasteiger partial charge in [0, 0.05) is 24.7 Å². The maximum absolute atomic E-state index is 12.4. The Morgan fingerprint density at radius 3 is 2.84 bits per heavy atom. The van der Waals surface area contributed by atoms with E-state index in [9.17, 15) is 8.42 Å². The van der Waals surface area contributed by atoms with Crippen molar-refractivity contribution >= 4 is 21.4 Å². The third-order valence-electron chi connectivity index (χ3n) is 4.38. The van der Waals surface area contributed by atoms with Crippen LogP contribution in [-0.4, -0.2) is 45.0 Å². The quantitative estimate of drug-likeness (QED) is 0.797. The molecule has 1 atom stereocenters. The summed E-state index contributed by atoms with van der Waals surface area (Å²) >= 11 is 1.66. The van der Waals surface area contributed by atoms with Crippen LogP contribution in [0.25, 0.3) is 0 Å². The molecule has 2 aromatic rings. The second-order valence-corrected chi connectivity index (χ2v) is 8.94. The summed E-state index contributed by atoms with van der Waals surface area (Å²) in [5, 5.41) is 3.10. The summed E-state index contributed by atoms with van der Waals surface area (Å²) in [7, 11) is -1.93. The van der Waals surface area contributed by atoms with E-state index in [2.05, 4.69) is 14.6 Å². The average molecular weight is 382 g/mol. The van der Waals surface area contributed by atoms with E-state index in [1.54, 1.807) is 42.7 Å². The summed E-state index contributed by atoms with van der Waals surface area (Å²) in [4.78, 5) is 6.95. The molecule has 0 bridgehead atoms. The first kappa shape index (κ1) is 18.3. The minimum absolute atomic E-state index is 0.267. The van der Waals surface area contributed by atoms with Gasteiger partial charge in [0.05, 0.1) is 18.6 Å². The number of benzene rings is 1. The van der Waals surface area contributed by atoms with E-state index in [1.165, 1.54) is 0 Å². The minimum Gasteiger partial charge on any atom is -0.497 e. The molecular weight excluding hydrogens is 358 g/mol. The van der Waals surface area contributed by atoms with Crippen molar-refractivity contribution in [2.45, 2.75) is 24.3 Å². The lowest BCUT2D eigenvalue weighted by atomic mass is 9.98. The van der Waals surface area contributed by atoms with E-state index in [0.717, 1.165) is 37.5 Å². The highest BCUT2D eigenvalue weighted by atomic mass is 32.2. The number of likely N-dealkylation sites (tertiary alicyclic amines) is 1. The van der Waals surface area contributed by atoms with E-state index < -0.39 is 10.0 Å². The van der Waals surface area contributed by atoms with Crippen molar-refractivity contribution in [1.82, 2.24) is 14.6 Å². The molecule has 8 heteroatoms. The summed E-state index contributed by atoms with van der Waals surface area (Å²) in [5.74, 6) is 0.964. The second-order valence-electron chi connectivity index (χ2n) is 6.20. The average Bonchev–Trinajstić information content (AvgIpc) is 3.13. The lowest BCUT2D eigenvalue weighted by Gasteiger charge is -2.32. The number of aromatic nitrogens is 1. The lowest BCUT2D eigenvalue weighted by Crippen LogP contribution is -2.40. The number of nitrogens with zero attached hydrogens (tertiary/aromatic N) is 2. The molecule has 1 N–H and O–H groups in total. The van der Waals surface area contributed by atoms with Crippen LogP contribution < -0.4 is 9.46 Å². The highest BCUT2D eigenvalue weighted by molar-refractivity contribution is 7.89. The predicted molar refractivity (Wildman–Crippen MR) is 98.3 cm³/mol. The second kappa shape index (κ2) is 8.27. The molecule has 2 heterocycles. The molecule has 25 heavy (non-hydrogen) atoms. The Bertz CT molecular complexity index is 761. The fourth-order valence-electron chi connectivity index (χ4n) is 3.05.